The molecule has 2 N–H and O–H groups in total. The molecule has 3 rings (SSSR count). The van der Waals surface area contributed by atoms with Crippen molar-refractivity contribution < 1.29 is 0 Å². The lowest BCUT2D eigenvalue weighted by Gasteiger charge is -2.25. The van der Waals surface area contributed by atoms with E-state index in [9.17, 15) is 0 Å². The van der Waals surface area contributed by atoms with Gasteiger partial charge in [-0.25, -0.2) is 0 Å². The number of hydrogen-bond acceptors (Lipinski definition) is 1. The minimum atomic E-state index is -0.912. The van der Waals surface area contributed by atoms with E-state index in [1.54, 1.807) is 0 Å². The summed E-state index contributed by atoms with van der Waals surface area (Å²) in [7, 11) is -0.912. The highest BCUT2D eigenvalue weighted by Gasteiger charge is 2.26. The van der Waals surface area contributed by atoms with Gasteiger partial charge in [-0.2, -0.15) is 0 Å². The van der Waals surface area contributed by atoms with Crippen molar-refractivity contribution in [3.05, 3.63) is 96.6 Å². The Morgan fingerprint density at radius 1 is 0.652 bits per heavy atom. The average molecular weight is 316 g/mol. The van der Waals surface area contributed by atoms with Crippen LogP contribution in [0.2, 0.25) is 5.54 Å². The highest BCUT2D eigenvalue weighted by molar-refractivity contribution is 6.86. The standard InChI is InChI=1S/C21H22NSi/c22-17-21(16-18-10-4-1-5-11-18)23(19-12-6-2-7-13-19)20-14-8-3-9-15-20/h1-15,21H,16-17,22H2. The van der Waals surface area contributed by atoms with Gasteiger partial charge >= 0.3 is 0 Å². The van der Waals surface area contributed by atoms with E-state index in [1.165, 1.54) is 15.9 Å². The first kappa shape index (κ1) is 15.7. The van der Waals surface area contributed by atoms with Crippen molar-refractivity contribution in [2.24, 2.45) is 5.73 Å². The van der Waals surface area contributed by atoms with Gasteiger partial charge in [-0.15, -0.1) is 0 Å². The zero-order chi connectivity index (χ0) is 15.9. The normalized spacial score (nSPS) is 12.3. The fourth-order valence-corrected chi connectivity index (χ4v) is 6.13. The SMILES string of the molecule is NCC(Cc1ccccc1)[Si](c1ccccc1)c1ccccc1. The van der Waals surface area contributed by atoms with Crippen LogP contribution in [0.5, 0.6) is 0 Å². The fraction of sp³-hybridized carbons (Fsp3) is 0.143. The third-order valence-corrected chi connectivity index (χ3v) is 7.35. The summed E-state index contributed by atoms with van der Waals surface area (Å²) in [5, 5.41) is 2.88. The zero-order valence-electron chi connectivity index (χ0n) is 13.2. The van der Waals surface area contributed by atoms with Crippen LogP contribution in [0.15, 0.2) is 91.0 Å². The van der Waals surface area contributed by atoms with Gasteiger partial charge in [0.2, 0.25) is 0 Å². The number of benzene rings is 3. The van der Waals surface area contributed by atoms with E-state index in [1.807, 2.05) is 0 Å². The molecule has 0 aromatic heterocycles. The van der Waals surface area contributed by atoms with Crippen LogP contribution < -0.4 is 16.1 Å². The van der Waals surface area contributed by atoms with Crippen molar-refractivity contribution in [2.75, 3.05) is 6.54 Å². The molecule has 0 saturated heterocycles. The van der Waals surface area contributed by atoms with Crippen LogP contribution >= 0.6 is 0 Å². The Morgan fingerprint density at radius 2 is 1.09 bits per heavy atom. The molecule has 1 atom stereocenters. The molecular formula is C21H22NSi. The molecule has 23 heavy (non-hydrogen) atoms. The van der Waals surface area contributed by atoms with Gasteiger partial charge in [-0.05, 0) is 24.1 Å². The highest BCUT2D eigenvalue weighted by Crippen LogP contribution is 2.17. The predicted molar refractivity (Wildman–Crippen MR) is 101 cm³/mol. The Morgan fingerprint density at radius 3 is 1.52 bits per heavy atom. The molecule has 0 fully saturated rings. The van der Waals surface area contributed by atoms with Crippen LogP contribution in [0.4, 0.5) is 0 Å². The molecule has 1 radical (unpaired) electrons. The molecule has 0 saturated carbocycles. The third kappa shape index (κ3) is 3.98. The Kier molecular flexibility index (Phi) is 5.40. The van der Waals surface area contributed by atoms with E-state index < -0.39 is 8.80 Å². The second-order valence-corrected chi connectivity index (χ2v) is 8.57. The van der Waals surface area contributed by atoms with Crippen molar-refractivity contribution in [1.29, 1.82) is 0 Å². The first-order valence-corrected chi connectivity index (χ1v) is 9.68. The molecule has 0 heterocycles. The molecule has 2 heteroatoms. The summed E-state index contributed by atoms with van der Waals surface area (Å²) in [5.41, 5.74) is 8.07. The molecule has 0 aliphatic rings. The van der Waals surface area contributed by atoms with Crippen molar-refractivity contribution in [3.8, 4) is 0 Å². The molecule has 0 amide bonds. The highest BCUT2D eigenvalue weighted by atomic mass is 28.3. The van der Waals surface area contributed by atoms with Crippen molar-refractivity contribution >= 4 is 19.2 Å². The van der Waals surface area contributed by atoms with E-state index >= 15 is 0 Å². The van der Waals surface area contributed by atoms with Crippen LogP contribution in [-0.2, 0) is 6.42 Å². The van der Waals surface area contributed by atoms with Gasteiger partial charge in [0.1, 0.15) is 8.80 Å². The zero-order valence-corrected chi connectivity index (χ0v) is 14.2. The quantitative estimate of drug-likeness (QED) is 0.695. The fourth-order valence-electron chi connectivity index (χ4n) is 3.08. The van der Waals surface area contributed by atoms with Crippen molar-refractivity contribution in [2.45, 2.75) is 12.0 Å². The van der Waals surface area contributed by atoms with Gasteiger partial charge in [0.05, 0.1) is 0 Å². The first-order valence-electron chi connectivity index (χ1n) is 8.10. The Balaban J connectivity index is 1.96. The van der Waals surface area contributed by atoms with E-state index in [-0.39, 0.29) is 0 Å². The van der Waals surface area contributed by atoms with Crippen molar-refractivity contribution in [3.63, 3.8) is 0 Å². The molecule has 0 spiro atoms. The summed E-state index contributed by atoms with van der Waals surface area (Å²) in [6.07, 6.45) is 1.04. The van der Waals surface area contributed by atoms with Crippen LogP contribution in [-0.4, -0.2) is 15.3 Å². The van der Waals surface area contributed by atoms with Crippen molar-refractivity contribution in [1.82, 2.24) is 0 Å². The summed E-state index contributed by atoms with van der Waals surface area (Å²) in [5.74, 6) is 0. The molecule has 115 valence electrons. The van der Waals surface area contributed by atoms with Crippen LogP contribution in [0.1, 0.15) is 5.56 Å². The molecule has 0 aliphatic carbocycles. The number of rotatable bonds is 6. The lowest BCUT2D eigenvalue weighted by atomic mass is 10.1. The maximum atomic E-state index is 6.22. The average Bonchev–Trinajstić information content (AvgIpc) is 2.64. The first-order chi connectivity index (χ1) is 11.4. The largest absolute Gasteiger partial charge is 0.330 e. The Labute approximate surface area is 140 Å². The summed E-state index contributed by atoms with van der Waals surface area (Å²) in [6.45, 7) is 0.715. The summed E-state index contributed by atoms with van der Waals surface area (Å²) < 4.78 is 0. The molecule has 3 aromatic rings. The van der Waals surface area contributed by atoms with Gasteiger partial charge in [0.25, 0.3) is 0 Å². The number of nitrogens with two attached hydrogens (primary N) is 1. The van der Waals surface area contributed by atoms with Gasteiger partial charge < -0.3 is 5.73 Å². The smallest absolute Gasteiger partial charge is 0.126 e. The lowest BCUT2D eigenvalue weighted by Crippen LogP contribution is -2.48. The van der Waals surface area contributed by atoms with Crippen LogP contribution in [0, 0.1) is 0 Å². The topological polar surface area (TPSA) is 26.0 Å². The second kappa shape index (κ2) is 7.91. The number of hydrogen-bond donors (Lipinski definition) is 1. The predicted octanol–water partition coefficient (Wildman–Crippen LogP) is 2.87. The Bertz CT molecular complexity index is 658. The molecular weight excluding hydrogens is 294 g/mol. The van der Waals surface area contributed by atoms with Gasteiger partial charge in [-0.3, -0.25) is 0 Å². The van der Waals surface area contributed by atoms with E-state index in [4.69, 9.17) is 5.73 Å². The second-order valence-electron chi connectivity index (χ2n) is 5.77. The third-order valence-electron chi connectivity index (χ3n) is 4.19. The molecule has 0 aliphatic heterocycles. The monoisotopic (exact) mass is 316 g/mol. The minimum absolute atomic E-state index is 0.479. The molecule has 3 aromatic carbocycles. The van der Waals surface area contributed by atoms with E-state index in [0.29, 0.717) is 12.1 Å². The minimum Gasteiger partial charge on any atom is -0.330 e. The van der Waals surface area contributed by atoms with Gasteiger partial charge in [-0.1, -0.05) is 101 Å². The van der Waals surface area contributed by atoms with Gasteiger partial charge in [0, 0.05) is 0 Å². The molecule has 1 nitrogen and oxygen atoms in total. The lowest BCUT2D eigenvalue weighted by molar-refractivity contribution is 0.816. The molecule has 1 unspecified atom stereocenters. The Hall–Kier alpha value is -2.16. The summed E-state index contributed by atoms with van der Waals surface area (Å²) >= 11 is 0. The maximum Gasteiger partial charge on any atom is 0.126 e. The van der Waals surface area contributed by atoms with Crippen LogP contribution in [0.25, 0.3) is 0 Å². The van der Waals surface area contributed by atoms with E-state index in [2.05, 4.69) is 91.0 Å². The molecule has 0 bridgehead atoms. The van der Waals surface area contributed by atoms with Gasteiger partial charge in [0.15, 0.2) is 0 Å². The van der Waals surface area contributed by atoms with E-state index in [0.717, 1.165) is 6.42 Å². The maximum absolute atomic E-state index is 6.22. The summed E-state index contributed by atoms with van der Waals surface area (Å²) in [6, 6.07) is 32.5. The van der Waals surface area contributed by atoms with Crippen LogP contribution in [0.3, 0.4) is 0 Å². The summed E-state index contributed by atoms with van der Waals surface area (Å²) in [4.78, 5) is 0.